The van der Waals surface area contributed by atoms with Gasteiger partial charge < -0.3 is 9.42 Å². The molecule has 2 heterocycles. The number of hydrogen-bond donors (Lipinski definition) is 0. The maximum Gasteiger partial charge on any atom is 0.258 e. The quantitative estimate of drug-likeness (QED) is 0.686. The van der Waals surface area contributed by atoms with Crippen molar-refractivity contribution >= 4 is 23.2 Å². The highest BCUT2D eigenvalue weighted by Gasteiger charge is 2.34. The number of carbonyl (C=O) groups is 1. The molecule has 1 unspecified atom stereocenters. The molecule has 1 fully saturated rings. The van der Waals surface area contributed by atoms with E-state index in [1.807, 2.05) is 19.1 Å². The standard InChI is InChI=1S/C19H15ClFN3O2/c1-11-5-6-15(9-16(11)20)24-10-13(8-17(24)25)18-22-19(26-23-18)12-3-2-4-14(21)7-12/h2-7,9,13H,8,10H2,1H3. The summed E-state index contributed by atoms with van der Waals surface area (Å²) in [6.07, 6.45) is 0.285. The molecule has 3 aromatic rings. The molecule has 1 saturated heterocycles. The first kappa shape index (κ1) is 16.7. The topological polar surface area (TPSA) is 59.2 Å². The maximum atomic E-state index is 13.4. The predicted molar refractivity (Wildman–Crippen MR) is 95.6 cm³/mol. The van der Waals surface area contributed by atoms with E-state index in [0.717, 1.165) is 11.3 Å². The van der Waals surface area contributed by atoms with Crippen molar-refractivity contribution in [3.63, 3.8) is 0 Å². The minimum absolute atomic E-state index is 0.0213. The summed E-state index contributed by atoms with van der Waals surface area (Å²) in [6.45, 7) is 2.36. The summed E-state index contributed by atoms with van der Waals surface area (Å²) in [5, 5.41) is 4.60. The largest absolute Gasteiger partial charge is 0.334 e. The van der Waals surface area contributed by atoms with Crippen LogP contribution in [0.4, 0.5) is 10.1 Å². The molecule has 4 rings (SSSR count). The Morgan fingerprint density at radius 2 is 2.12 bits per heavy atom. The van der Waals surface area contributed by atoms with Gasteiger partial charge in [-0.25, -0.2) is 4.39 Å². The summed E-state index contributed by atoms with van der Waals surface area (Å²) in [5.74, 6) is 0.100. The Bertz CT molecular complexity index is 988. The molecule has 5 nitrogen and oxygen atoms in total. The normalized spacial score (nSPS) is 17.1. The zero-order chi connectivity index (χ0) is 18.3. The fourth-order valence-electron chi connectivity index (χ4n) is 3.02. The lowest BCUT2D eigenvalue weighted by atomic mass is 10.1. The third-order valence-electron chi connectivity index (χ3n) is 4.47. The lowest BCUT2D eigenvalue weighted by Crippen LogP contribution is -2.24. The Labute approximate surface area is 154 Å². The van der Waals surface area contributed by atoms with E-state index in [1.165, 1.54) is 12.1 Å². The van der Waals surface area contributed by atoms with Crippen molar-refractivity contribution in [2.75, 3.05) is 11.4 Å². The number of benzene rings is 2. The number of halogens is 2. The van der Waals surface area contributed by atoms with Gasteiger partial charge in [0.2, 0.25) is 5.91 Å². The number of carbonyl (C=O) groups excluding carboxylic acids is 1. The van der Waals surface area contributed by atoms with Gasteiger partial charge in [0.25, 0.3) is 5.89 Å². The molecule has 1 aliphatic rings. The molecule has 0 aliphatic carbocycles. The van der Waals surface area contributed by atoms with Crippen molar-refractivity contribution in [2.45, 2.75) is 19.3 Å². The first-order valence-electron chi connectivity index (χ1n) is 8.17. The van der Waals surface area contributed by atoms with E-state index in [1.54, 1.807) is 23.1 Å². The lowest BCUT2D eigenvalue weighted by Gasteiger charge is -2.17. The summed E-state index contributed by atoms with van der Waals surface area (Å²) in [5.41, 5.74) is 2.22. The summed E-state index contributed by atoms with van der Waals surface area (Å²) >= 11 is 6.17. The molecule has 2 aromatic carbocycles. The average molecular weight is 372 g/mol. The highest BCUT2D eigenvalue weighted by molar-refractivity contribution is 6.31. The molecule has 0 saturated carbocycles. The molecule has 0 bridgehead atoms. The molecule has 1 atom stereocenters. The van der Waals surface area contributed by atoms with Gasteiger partial charge in [-0.1, -0.05) is 28.9 Å². The monoisotopic (exact) mass is 371 g/mol. The molecule has 1 amide bonds. The fraction of sp³-hybridized carbons (Fsp3) is 0.211. The first-order valence-corrected chi connectivity index (χ1v) is 8.55. The van der Waals surface area contributed by atoms with Crippen LogP contribution in [0.15, 0.2) is 47.0 Å². The van der Waals surface area contributed by atoms with E-state index in [2.05, 4.69) is 10.1 Å². The van der Waals surface area contributed by atoms with Crippen LogP contribution in [-0.4, -0.2) is 22.6 Å². The van der Waals surface area contributed by atoms with Crippen LogP contribution < -0.4 is 4.90 Å². The molecule has 0 N–H and O–H groups in total. The van der Waals surface area contributed by atoms with Crippen molar-refractivity contribution in [1.82, 2.24) is 10.1 Å². The van der Waals surface area contributed by atoms with Crippen LogP contribution in [0.3, 0.4) is 0 Å². The zero-order valence-corrected chi connectivity index (χ0v) is 14.7. The maximum absolute atomic E-state index is 13.4. The van der Waals surface area contributed by atoms with Crippen molar-refractivity contribution in [1.29, 1.82) is 0 Å². The average Bonchev–Trinajstić information content (AvgIpc) is 3.24. The molecular formula is C19H15ClFN3O2. The summed E-state index contributed by atoms with van der Waals surface area (Å²) in [6, 6.07) is 11.5. The molecule has 1 aromatic heterocycles. The molecule has 0 radical (unpaired) electrons. The van der Waals surface area contributed by atoms with E-state index in [0.29, 0.717) is 23.0 Å². The molecule has 1 aliphatic heterocycles. The van der Waals surface area contributed by atoms with Gasteiger partial charge in [0, 0.05) is 35.2 Å². The van der Waals surface area contributed by atoms with E-state index >= 15 is 0 Å². The van der Waals surface area contributed by atoms with Gasteiger partial charge >= 0.3 is 0 Å². The van der Waals surface area contributed by atoms with Gasteiger partial charge in [-0.3, -0.25) is 4.79 Å². The van der Waals surface area contributed by atoms with Crippen LogP contribution in [0.5, 0.6) is 0 Å². The summed E-state index contributed by atoms with van der Waals surface area (Å²) in [7, 11) is 0. The first-order chi connectivity index (χ1) is 12.5. The Morgan fingerprint density at radius 3 is 2.88 bits per heavy atom. The second-order valence-electron chi connectivity index (χ2n) is 6.31. The number of hydrogen-bond acceptors (Lipinski definition) is 4. The number of rotatable bonds is 3. The van der Waals surface area contributed by atoms with Crippen LogP contribution in [0.25, 0.3) is 11.5 Å². The lowest BCUT2D eigenvalue weighted by molar-refractivity contribution is -0.117. The van der Waals surface area contributed by atoms with Crippen LogP contribution >= 0.6 is 11.6 Å². The Balaban J connectivity index is 1.56. The number of aromatic nitrogens is 2. The molecular weight excluding hydrogens is 357 g/mol. The Hall–Kier alpha value is -2.73. The van der Waals surface area contributed by atoms with Crippen LogP contribution in [0.2, 0.25) is 5.02 Å². The van der Waals surface area contributed by atoms with E-state index in [-0.39, 0.29) is 30.0 Å². The molecule has 26 heavy (non-hydrogen) atoms. The van der Waals surface area contributed by atoms with Gasteiger partial charge in [-0.15, -0.1) is 0 Å². The summed E-state index contributed by atoms with van der Waals surface area (Å²) in [4.78, 5) is 18.4. The number of amides is 1. The highest BCUT2D eigenvalue weighted by Crippen LogP contribution is 2.33. The zero-order valence-electron chi connectivity index (χ0n) is 13.9. The van der Waals surface area contributed by atoms with Gasteiger partial charge in [0.05, 0.1) is 0 Å². The number of anilines is 1. The van der Waals surface area contributed by atoms with E-state index in [4.69, 9.17) is 16.1 Å². The second-order valence-corrected chi connectivity index (χ2v) is 6.71. The SMILES string of the molecule is Cc1ccc(N2CC(c3noc(-c4cccc(F)c4)n3)CC2=O)cc1Cl. The smallest absolute Gasteiger partial charge is 0.258 e. The Kier molecular flexibility index (Phi) is 4.20. The second kappa shape index (κ2) is 6.53. The Morgan fingerprint density at radius 1 is 1.27 bits per heavy atom. The van der Waals surface area contributed by atoms with E-state index < -0.39 is 0 Å². The number of aryl methyl sites for hydroxylation is 1. The van der Waals surface area contributed by atoms with Gasteiger partial charge in [-0.05, 0) is 42.8 Å². The van der Waals surface area contributed by atoms with Crippen LogP contribution in [0, 0.1) is 12.7 Å². The van der Waals surface area contributed by atoms with Crippen molar-refractivity contribution in [2.24, 2.45) is 0 Å². The molecule has 0 spiro atoms. The third-order valence-corrected chi connectivity index (χ3v) is 4.88. The van der Waals surface area contributed by atoms with Crippen molar-refractivity contribution in [3.8, 4) is 11.5 Å². The van der Waals surface area contributed by atoms with Gasteiger partial charge in [0.15, 0.2) is 5.82 Å². The van der Waals surface area contributed by atoms with Gasteiger partial charge in [-0.2, -0.15) is 4.98 Å². The fourth-order valence-corrected chi connectivity index (χ4v) is 3.19. The minimum atomic E-state index is -0.374. The van der Waals surface area contributed by atoms with E-state index in [9.17, 15) is 9.18 Å². The highest BCUT2D eigenvalue weighted by atomic mass is 35.5. The van der Waals surface area contributed by atoms with Crippen LogP contribution in [0.1, 0.15) is 23.7 Å². The molecule has 132 valence electrons. The van der Waals surface area contributed by atoms with Crippen molar-refractivity contribution in [3.05, 3.63) is 64.7 Å². The summed E-state index contributed by atoms with van der Waals surface area (Å²) < 4.78 is 18.6. The molecule has 7 heteroatoms. The predicted octanol–water partition coefficient (Wildman–Crippen LogP) is 4.36. The minimum Gasteiger partial charge on any atom is -0.334 e. The number of nitrogens with zero attached hydrogens (tertiary/aromatic N) is 3. The third kappa shape index (κ3) is 3.08. The van der Waals surface area contributed by atoms with Crippen molar-refractivity contribution < 1.29 is 13.7 Å². The van der Waals surface area contributed by atoms with Crippen LogP contribution in [-0.2, 0) is 4.79 Å². The van der Waals surface area contributed by atoms with Gasteiger partial charge in [0.1, 0.15) is 5.82 Å².